The van der Waals surface area contributed by atoms with Gasteiger partial charge in [-0.05, 0) is 56.9 Å². The van der Waals surface area contributed by atoms with E-state index in [2.05, 4.69) is 4.72 Å². The van der Waals surface area contributed by atoms with Crippen LogP contribution in [0, 0.1) is 0 Å². The summed E-state index contributed by atoms with van der Waals surface area (Å²) in [5.74, 6) is 0.626. The van der Waals surface area contributed by atoms with Gasteiger partial charge in [-0.1, -0.05) is 0 Å². The van der Waals surface area contributed by atoms with Crippen molar-refractivity contribution in [1.82, 2.24) is 9.03 Å². The van der Waals surface area contributed by atoms with Crippen LogP contribution in [0.2, 0.25) is 0 Å². The maximum Gasteiger partial charge on any atom is 0.240 e. The van der Waals surface area contributed by atoms with E-state index in [-0.39, 0.29) is 23.0 Å². The molecule has 2 heterocycles. The lowest BCUT2D eigenvalue weighted by atomic mass is 10.0. The molecule has 9 heteroatoms. The van der Waals surface area contributed by atoms with Gasteiger partial charge in [0, 0.05) is 18.1 Å². The molecule has 2 saturated heterocycles. The minimum absolute atomic E-state index is 0.109. The Hall–Kier alpha value is -1.16. The number of ether oxygens (including phenoxy) is 1. The van der Waals surface area contributed by atoms with Gasteiger partial charge in [0.15, 0.2) is 0 Å². The molecule has 2 aliphatic rings. The predicted molar refractivity (Wildman–Crippen MR) is 94.4 cm³/mol. The second-order valence-corrected chi connectivity index (χ2v) is 10.3. The molecule has 25 heavy (non-hydrogen) atoms. The van der Waals surface area contributed by atoms with E-state index < -0.39 is 20.0 Å². The quantitative estimate of drug-likeness (QED) is 0.793. The van der Waals surface area contributed by atoms with Gasteiger partial charge in [0.05, 0.1) is 17.8 Å². The van der Waals surface area contributed by atoms with Gasteiger partial charge in [-0.25, -0.2) is 21.6 Å². The number of hydrogen-bond donors (Lipinski definition) is 1. The molecule has 2 bridgehead atoms. The van der Waals surface area contributed by atoms with Crippen LogP contribution in [-0.4, -0.2) is 52.1 Å². The van der Waals surface area contributed by atoms with Crippen molar-refractivity contribution in [3.8, 4) is 5.75 Å². The Balaban J connectivity index is 1.70. The molecule has 2 unspecified atom stereocenters. The van der Waals surface area contributed by atoms with Gasteiger partial charge in [0.25, 0.3) is 0 Å². The van der Waals surface area contributed by atoms with Gasteiger partial charge < -0.3 is 4.74 Å². The number of piperidine rings is 1. The summed E-state index contributed by atoms with van der Waals surface area (Å²) >= 11 is 0. The van der Waals surface area contributed by atoms with Crippen molar-refractivity contribution in [2.45, 2.75) is 55.6 Å². The largest absolute Gasteiger partial charge is 0.494 e. The van der Waals surface area contributed by atoms with Crippen LogP contribution >= 0.6 is 0 Å². The maximum absolute atomic E-state index is 12.6. The van der Waals surface area contributed by atoms with Crippen LogP contribution < -0.4 is 9.46 Å². The van der Waals surface area contributed by atoms with Crippen molar-refractivity contribution >= 4 is 20.0 Å². The SMILES string of the molecule is CCOc1ccc(S(=O)(=O)NC2CC3CCC(C2)N3S(C)(=O)=O)cc1. The Labute approximate surface area is 149 Å². The van der Waals surface area contributed by atoms with Crippen LogP contribution in [0.25, 0.3) is 0 Å². The number of hydrogen-bond acceptors (Lipinski definition) is 5. The summed E-state index contributed by atoms with van der Waals surface area (Å²) in [5.41, 5.74) is 0. The smallest absolute Gasteiger partial charge is 0.240 e. The lowest BCUT2D eigenvalue weighted by molar-refractivity contribution is 0.221. The highest BCUT2D eigenvalue weighted by molar-refractivity contribution is 7.89. The van der Waals surface area contributed by atoms with Crippen molar-refractivity contribution < 1.29 is 21.6 Å². The van der Waals surface area contributed by atoms with E-state index in [1.807, 2.05) is 6.92 Å². The van der Waals surface area contributed by atoms with Gasteiger partial charge in [-0.3, -0.25) is 0 Å². The maximum atomic E-state index is 12.6. The Kier molecular flexibility index (Phi) is 5.11. The zero-order valence-electron chi connectivity index (χ0n) is 14.4. The molecule has 0 amide bonds. The van der Waals surface area contributed by atoms with Crippen LogP contribution in [0.15, 0.2) is 29.2 Å². The average molecular weight is 389 g/mol. The minimum Gasteiger partial charge on any atom is -0.494 e. The molecule has 0 radical (unpaired) electrons. The van der Waals surface area contributed by atoms with E-state index in [1.165, 1.54) is 18.4 Å². The van der Waals surface area contributed by atoms with Gasteiger partial charge in [-0.2, -0.15) is 4.31 Å². The molecular formula is C16H24N2O5S2. The Morgan fingerprint density at radius 1 is 1.08 bits per heavy atom. The molecule has 7 nitrogen and oxygen atoms in total. The van der Waals surface area contributed by atoms with Crippen LogP contribution in [0.1, 0.15) is 32.6 Å². The van der Waals surface area contributed by atoms with Crippen molar-refractivity contribution in [1.29, 1.82) is 0 Å². The topological polar surface area (TPSA) is 92.8 Å². The molecule has 3 rings (SSSR count). The predicted octanol–water partition coefficient (Wildman–Crippen LogP) is 1.32. The third-order valence-corrected chi connectivity index (χ3v) is 7.71. The third-order valence-electron chi connectivity index (χ3n) is 4.82. The molecule has 0 aliphatic carbocycles. The highest BCUT2D eigenvalue weighted by Crippen LogP contribution is 2.37. The summed E-state index contributed by atoms with van der Waals surface area (Å²) in [4.78, 5) is 0.189. The summed E-state index contributed by atoms with van der Waals surface area (Å²) in [5, 5.41) is 0. The molecule has 2 atom stereocenters. The van der Waals surface area contributed by atoms with Gasteiger partial charge in [0.2, 0.25) is 20.0 Å². The second kappa shape index (κ2) is 6.86. The summed E-state index contributed by atoms with van der Waals surface area (Å²) in [6, 6.07) is 5.85. The Morgan fingerprint density at radius 3 is 2.12 bits per heavy atom. The summed E-state index contributed by atoms with van der Waals surface area (Å²) < 4.78 is 58.7. The van der Waals surface area contributed by atoms with E-state index in [0.29, 0.717) is 25.2 Å². The average Bonchev–Trinajstić information content (AvgIpc) is 2.80. The Morgan fingerprint density at radius 2 is 1.64 bits per heavy atom. The zero-order chi connectivity index (χ0) is 18.2. The highest BCUT2D eigenvalue weighted by atomic mass is 32.2. The molecule has 1 aromatic carbocycles. The van der Waals surface area contributed by atoms with E-state index in [4.69, 9.17) is 4.74 Å². The lowest BCUT2D eigenvalue weighted by Crippen LogP contribution is -2.51. The minimum atomic E-state index is -3.64. The number of nitrogens with one attached hydrogen (secondary N) is 1. The number of nitrogens with zero attached hydrogens (tertiary/aromatic N) is 1. The normalized spacial score (nSPS) is 27.4. The molecule has 1 aromatic rings. The molecular weight excluding hydrogens is 364 g/mol. The van der Waals surface area contributed by atoms with Crippen molar-refractivity contribution in [2.24, 2.45) is 0 Å². The van der Waals surface area contributed by atoms with Crippen molar-refractivity contribution in [3.63, 3.8) is 0 Å². The lowest BCUT2D eigenvalue weighted by Gasteiger charge is -2.37. The first-order valence-electron chi connectivity index (χ1n) is 8.44. The van der Waals surface area contributed by atoms with Crippen LogP contribution in [-0.2, 0) is 20.0 Å². The van der Waals surface area contributed by atoms with E-state index in [0.717, 1.165) is 12.8 Å². The number of benzene rings is 1. The van der Waals surface area contributed by atoms with E-state index >= 15 is 0 Å². The van der Waals surface area contributed by atoms with Gasteiger partial charge in [-0.15, -0.1) is 0 Å². The van der Waals surface area contributed by atoms with E-state index in [1.54, 1.807) is 16.4 Å². The molecule has 2 fully saturated rings. The number of fused-ring (bicyclic) bond motifs is 2. The fourth-order valence-electron chi connectivity index (χ4n) is 3.94. The molecule has 0 spiro atoms. The van der Waals surface area contributed by atoms with Gasteiger partial charge in [0.1, 0.15) is 5.75 Å². The first-order valence-corrected chi connectivity index (χ1v) is 11.8. The first-order chi connectivity index (χ1) is 11.7. The van der Waals surface area contributed by atoms with Crippen LogP contribution in [0.4, 0.5) is 0 Å². The molecule has 2 aliphatic heterocycles. The van der Waals surface area contributed by atoms with Crippen LogP contribution in [0.5, 0.6) is 5.75 Å². The second-order valence-electron chi connectivity index (χ2n) is 6.67. The number of sulfonamides is 2. The summed E-state index contributed by atoms with van der Waals surface area (Å²) in [6.45, 7) is 2.38. The third kappa shape index (κ3) is 3.99. The zero-order valence-corrected chi connectivity index (χ0v) is 16.0. The fourth-order valence-corrected chi connectivity index (χ4v) is 6.67. The Bertz CT molecular complexity index is 807. The van der Waals surface area contributed by atoms with Crippen molar-refractivity contribution in [2.75, 3.05) is 12.9 Å². The van der Waals surface area contributed by atoms with Gasteiger partial charge >= 0.3 is 0 Å². The van der Waals surface area contributed by atoms with Crippen LogP contribution in [0.3, 0.4) is 0 Å². The standard InChI is InChI=1S/C16H24N2O5S2/c1-3-23-15-6-8-16(9-7-15)25(21,22)17-12-10-13-4-5-14(11-12)18(13)24(2,19)20/h6-9,12-14,17H,3-5,10-11H2,1-2H3. The fraction of sp³-hybridized carbons (Fsp3) is 0.625. The van der Waals surface area contributed by atoms with Crippen molar-refractivity contribution in [3.05, 3.63) is 24.3 Å². The van der Waals surface area contributed by atoms with E-state index in [9.17, 15) is 16.8 Å². The summed E-state index contributed by atoms with van der Waals surface area (Å²) in [6.07, 6.45) is 3.83. The molecule has 140 valence electrons. The first kappa shape index (κ1) is 18.6. The molecule has 0 saturated carbocycles. The summed E-state index contributed by atoms with van der Waals surface area (Å²) in [7, 11) is -6.89. The number of rotatable bonds is 6. The molecule has 0 aromatic heterocycles. The monoisotopic (exact) mass is 388 g/mol. The highest BCUT2D eigenvalue weighted by Gasteiger charge is 2.45. The molecule has 1 N–H and O–H groups in total.